The molecule has 0 fully saturated rings. The molecule has 92 valence electrons. The molecule has 2 aromatic heterocycles. The molecule has 0 bridgehead atoms. The van der Waals surface area contributed by atoms with E-state index in [0.717, 1.165) is 16.2 Å². The second-order valence-electron chi connectivity index (χ2n) is 3.17. The predicted octanol–water partition coefficient (Wildman–Crippen LogP) is 2.38. The standard InChI is InChI=1S/C9H9ClN2O2S3/c10-8-1-2-9(16-8)17(13,14)12-4-3-7-5-11-6-15-7/h1-2,5-6,12H,3-4H2. The third-order valence-electron chi connectivity index (χ3n) is 1.96. The van der Waals surface area contributed by atoms with E-state index >= 15 is 0 Å². The minimum Gasteiger partial charge on any atom is -0.253 e. The average Bonchev–Trinajstić information content (AvgIpc) is 2.89. The smallest absolute Gasteiger partial charge is 0.250 e. The number of nitrogens with zero attached hydrogens (tertiary/aromatic N) is 1. The summed E-state index contributed by atoms with van der Waals surface area (Å²) in [5, 5.41) is 0. The number of hydrogen-bond donors (Lipinski definition) is 1. The second-order valence-corrected chi connectivity index (χ2v) is 7.85. The van der Waals surface area contributed by atoms with Crippen molar-refractivity contribution in [2.75, 3.05) is 6.54 Å². The molecule has 0 amide bonds. The minimum atomic E-state index is -3.42. The Morgan fingerprint density at radius 2 is 2.24 bits per heavy atom. The van der Waals surface area contributed by atoms with Crippen molar-refractivity contribution < 1.29 is 8.42 Å². The molecule has 8 heteroatoms. The fourth-order valence-electron chi connectivity index (χ4n) is 1.19. The molecular formula is C9H9ClN2O2S3. The van der Waals surface area contributed by atoms with E-state index in [1.807, 2.05) is 0 Å². The second kappa shape index (κ2) is 5.45. The van der Waals surface area contributed by atoms with E-state index in [2.05, 4.69) is 9.71 Å². The predicted molar refractivity (Wildman–Crippen MR) is 70.3 cm³/mol. The van der Waals surface area contributed by atoms with Gasteiger partial charge in [-0.3, -0.25) is 4.98 Å². The highest BCUT2D eigenvalue weighted by atomic mass is 35.5. The lowest BCUT2D eigenvalue weighted by molar-refractivity contribution is 0.584. The van der Waals surface area contributed by atoms with E-state index in [0.29, 0.717) is 17.3 Å². The van der Waals surface area contributed by atoms with E-state index < -0.39 is 10.0 Å². The van der Waals surface area contributed by atoms with Crippen LogP contribution in [0.4, 0.5) is 0 Å². The van der Waals surface area contributed by atoms with E-state index in [1.54, 1.807) is 17.8 Å². The monoisotopic (exact) mass is 308 g/mol. The van der Waals surface area contributed by atoms with Crippen LogP contribution >= 0.6 is 34.3 Å². The Bertz CT molecular complexity index is 577. The van der Waals surface area contributed by atoms with Crippen LogP contribution in [0.2, 0.25) is 4.34 Å². The molecule has 4 nitrogen and oxygen atoms in total. The summed E-state index contributed by atoms with van der Waals surface area (Å²) >= 11 is 8.26. The summed E-state index contributed by atoms with van der Waals surface area (Å²) in [5.74, 6) is 0. The van der Waals surface area contributed by atoms with Crippen LogP contribution in [0.15, 0.2) is 28.0 Å². The fraction of sp³-hybridized carbons (Fsp3) is 0.222. The van der Waals surface area contributed by atoms with Gasteiger partial charge in [0, 0.05) is 17.6 Å². The zero-order valence-electron chi connectivity index (χ0n) is 8.59. The molecule has 1 N–H and O–H groups in total. The SMILES string of the molecule is O=S(=O)(NCCc1cncs1)c1ccc(Cl)s1. The summed E-state index contributed by atoms with van der Waals surface area (Å²) in [5.41, 5.74) is 1.73. The highest BCUT2D eigenvalue weighted by Crippen LogP contribution is 2.25. The maximum Gasteiger partial charge on any atom is 0.250 e. The lowest BCUT2D eigenvalue weighted by Crippen LogP contribution is -2.25. The van der Waals surface area contributed by atoms with Crippen molar-refractivity contribution in [1.29, 1.82) is 0 Å². The van der Waals surface area contributed by atoms with Gasteiger partial charge in [-0.25, -0.2) is 13.1 Å². The Hall–Kier alpha value is -0.470. The first-order chi connectivity index (χ1) is 8.08. The topological polar surface area (TPSA) is 59.1 Å². The lowest BCUT2D eigenvalue weighted by Gasteiger charge is -2.02. The van der Waals surface area contributed by atoms with Crippen LogP contribution < -0.4 is 4.72 Å². The van der Waals surface area contributed by atoms with Crippen LogP contribution in [0.25, 0.3) is 0 Å². The number of halogens is 1. The molecule has 0 radical (unpaired) electrons. The Balaban J connectivity index is 1.94. The zero-order chi connectivity index (χ0) is 12.3. The summed E-state index contributed by atoms with van der Waals surface area (Å²) in [7, 11) is -3.42. The minimum absolute atomic E-state index is 0.242. The van der Waals surface area contributed by atoms with Crippen LogP contribution in [0.1, 0.15) is 4.88 Å². The number of hydrogen-bond acceptors (Lipinski definition) is 5. The Labute approximate surface area is 112 Å². The van der Waals surface area contributed by atoms with Gasteiger partial charge in [-0.05, 0) is 18.6 Å². The molecule has 0 aliphatic heterocycles. The molecule has 0 atom stereocenters. The Kier molecular flexibility index (Phi) is 4.16. The molecule has 0 aliphatic rings. The van der Waals surface area contributed by atoms with Crippen LogP contribution in [0, 0.1) is 0 Å². The quantitative estimate of drug-likeness (QED) is 0.922. The van der Waals surface area contributed by atoms with Gasteiger partial charge in [-0.1, -0.05) is 11.6 Å². The van der Waals surface area contributed by atoms with Gasteiger partial charge < -0.3 is 0 Å². The third kappa shape index (κ3) is 3.49. The summed E-state index contributed by atoms with van der Waals surface area (Å²) in [6.07, 6.45) is 2.38. The first kappa shape index (κ1) is 13.0. The molecule has 0 spiro atoms. The van der Waals surface area contributed by atoms with Gasteiger partial charge in [0.25, 0.3) is 0 Å². The van der Waals surface area contributed by atoms with Crippen molar-refractivity contribution in [3.05, 3.63) is 33.1 Å². The summed E-state index contributed by atoms with van der Waals surface area (Å²) in [6, 6.07) is 3.08. The summed E-state index contributed by atoms with van der Waals surface area (Å²) in [4.78, 5) is 4.98. The van der Waals surface area contributed by atoms with Crippen molar-refractivity contribution in [3.8, 4) is 0 Å². The van der Waals surface area contributed by atoms with Crippen LogP contribution in [-0.2, 0) is 16.4 Å². The molecule has 0 aliphatic carbocycles. The average molecular weight is 309 g/mol. The maximum atomic E-state index is 11.8. The summed E-state index contributed by atoms with van der Waals surface area (Å²) < 4.78 is 26.8. The van der Waals surface area contributed by atoms with Gasteiger partial charge in [-0.2, -0.15) is 0 Å². The molecular weight excluding hydrogens is 300 g/mol. The normalized spacial score (nSPS) is 11.8. The first-order valence-electron chi connectivity index (χ1n) is 4.70. The van der Waals surface area contributed by atoms with Gasteiger partial charge in [0.2, 0.25) is 10.0 Å². The lowest BCUT2D eigenvalue weighted by atomic mass is 10.4. The molecule has 2 rings (SSSR count). The van der Waals surface area contributed by atoms with Gasteiger partial charge in [0.05, 0.1) is 9.85 Å². The molecule has 2 heterocycles. The van der Waals surface area contributed by atoms with Gasteiger partial charge in [0.1, 0.15) is 4.21 Å². The fourth-order valence-corrected chi connectivity index (χ4v) is 4.35. The highest BCUT2D eigenvalue weighted by Gasteiger charge is 2.15. The van der Waals surface area contributed by atoms with Gasteiger partial charge >= 0.3 is 0 Å². The maximum absolute atomic E-state index is 11.8. The van der Waals surface area contributed by atoms with Crippen LogP contribution in [0.5, 0.6) is 0 Å². The van der Waals surface area contributed by atoms with Gasteiger partial charge in [-0.15, -0.1) is 22.7 Å². The van der Waals surface area contributed by atoms with Crippen molar-refractivity contribution in [3.63, 3.8) is 0 Å². The molecule has 0 saturated carbocycles. The van der Waals surface area contributed by atoms with Crippen molar-refractivity contribution in [1.82, 2.24) is 9.71 Å². The molecule has 0 saturated heterocycles. The van der Waals surface area contributed by atoms with Crippen LogP contribution in [-0.4, -0.2) is 19.9 Å². The third-order valence-corrected chi connectivity index (χ3v) is 5.98. The Morgan fingerprint density at radius 3 is 2.82 bits per heavy atom. The highest BCUT2D eigenvalue weighted by molar-refractivity contribution is 7.91. The number of thiophene rings is 1. The van der Waals surface area contributed by atoms with E-state index in [9.17, 15) is 8.42 Å². The van der Waals surface area contributed by atoms with Crippen LogP contribution in [0.3, 0.4) is 0 Å². The molecule has 2 aromatic rings. The molecule has 0 aromatic carbocycles. The largest absolute Gasteiger partial charge is 0.253 e. The molecule has 0 unspecified atom stereocenters. The zero-order valence-corrected chi connectivity index (χ0v) is 11.8. The van der Waals surface area contributed by atoms with E-state index in [4.69, 9.17) is 11.6 Å². The first-order valence-corrected chi connectivity index (χ1v) is 8.26. The molecule has 17 heavy (non-hydrogen) atoms. The van der Waals surface area contributed by atoms with E-state index in [1.165, 1.54) is 17.4 Å². The number of thiazole rings is 1. The number of sulfonamides is 1. The van der Waals surface area contributed by atoms with Gasteiger partial charge in [0.15, 0.2) is 0 Å². The number of aromatic nitrogens is 1. The van der Waals surface area contributed by atoms with Crippen molar-refractivity contribution in [2.45, 2.75) is 10.6 Å². The number of nitrogens with one attached hydrogen (secondary N) is 1. The number of rotatable bonds is 5. The Morgan fingerprint density at radius 1 is 1.41 bits per heavy atom. The van der Waals surface area contributed by atoms with E-state index in [-0.39, 0.29) is 4.21 Å². The summed E-state index contributed by atoms with van der Waals surface area (Å²) in [6.45, 7) is 0.361. The van der Waals surface area contributed by atoms with Crippen molar-refractivity contribution >= 4 is 44.3 Å². The van der Waals surface area contributed by atoms with Crippen molar-refractivity contribution in [2.24, 2.45) is 0 Å².